The topological polar surface area (TPSA) is 0 Å². The number of hydrogen-bond donors (Lipinski definition) is 0. The summed E-state index contributed by atoms with van der Waals surface area (Å²) in [7, 11) is 0. The predicted octanol–water partition coefficient (Wildman–Crippen LogP) is 8.40. The van der Waals surface area contributed by atoms with Crippen molar-refractivity contribution in [1.29, 1.82) is 0 Å². The molecule has 4 rings (SSSR count). The summed E-state index contributed by atoms with van der Waals surface area (Å²) < 4.78 is 0. The zero-order chi connectivity index (χ0) is 17.8. The van der Waals surface area contributed by atoms with E-state index in [0.29, 0.717) is 0 Å². The summed E-state index contributed by atoms with van der Waals surface area (Å²) in [5.74, 6) is 8.09. The van der Waals surface area contributed by atoms with Crippen molar-refractivity contribution in [2.24, 2.45) is 41.4 Å². The summed E-state index contributed by atoms with van der Waals surface area (Å²) in [4.78, 5) is 0. The lowest BCUT2D eigenvalue weighted by Gasteiger charge is -2.60. The molecular weight excluding hydrogens is 312 g/mol. The van der Waals surface area contributed by atoms with Crippen LogP contribution in [0, 0.1) is 41.4 Å². The first kappa shape index (κ1) is 19.3. The molecule has 0 heteroatoms. The smallest absolute Gasteiger partial charge is 0.0321 e. The first-order valence-corrected chi connectivity index (χ1v) is 12.9. The van der Waals surface area contributed by atoms with Crippen molar-refractivity contribution in [3.63, 3.8) is 0 Å². The Morgan fingerprint density at radius 3 is 1.96 bits per heavy atom. The summed E-state index contributed by atoms with van der Waals surface area (Å²) in [5.41, 5.74) is 0. The van der Waals surface area contributed by atoms with Gasteiger partial charge in [0.05, 0.1) is 0 Å². The SMILES string of the molecule is CCCCCCCCCCC1CC2CCCC3CCC4CCCC1C4C32. The van der Waals surface area contributed by atoms with E-state index in [9.17, 15) is 0 Å². The highest BCUT2D eigenvalue weighted by Gasteiger charge is 2.53. The van der Waals surface area contributed by atoms with Crippen molar-refractivity contribution in [2.45, 2.75) is 122 Å². The van der Waals surface area contributed by atoms with E-state index in [1.54, 1.807) is 70.6 Å². The normalized spacial score (nSPS) is 41.7. The van der Waals surface area contributed by atoms with E-state index < -0.39 is 0 Å². The molecule has 0 N–H and O–H groups in total. The second kappa shape index (κ2) is 9.47. The van der Waals surface area contributed by atoms with E-state index in [4.69, 9.17) is 0 Å². The Kier molecular flexibility index (Phi) is 7.04. The molecule has 4 fully saturated rings. The third-order valence-electron chi connectivity index (χ3n) is 9.38. The van der Waals surface area contributed by atoms with E-state index in [-0.39, 0.29) is 0 Å². The zero-order valence-electron chi connectivity index (χ0n) is 17.8. The molecule has 0 spiro atoms. The zero-order valence-corrected chi connectivity index (χ0v) is 17.8. The first-order chi connectivity index (χ1) is 12.9. The molecule has 0 saturated heterocycles. The van der Waals surface area contributed by atoms with E-state index in [0.717, 1.165) is 29.6 Å². The van der Waals surface area contributed by atoms with Gasteiger partial charge in [0.25, 0.3) is 0 Å². The van der Waals surface area contributed by atoms with Crippen molar-refractivity contribution in [2.75, 3.05) is 0 Å². The van der Waals surface area contributed by atoms with Gasteiger partial charge in [0.2, 0.25) is 0 Å². The van der Waals surface area contributed by atoms with Crippen LogP contribution in [-0.2, 0) is 0 Å². The van der Waals surface area contributed by atoms with Gasteiger partial charge in [0, 0.05) is 0 Å². The van der Waals surface area contributed by atoms with Gasteiger partial charge in [-0.2, -0.15) is 0 Å². The van der Waals surface area contributed by atoms with Crippen molar-refractivity contribution in [3.8, 4) is 0 Å². The lowest BCUT2D eigenvalue weighted by atomic mass is 9.46. The highest BCUT2D eigenvalue weighted by atomic mass is 14.6. The molecule has 0 nitrogen and oxygen atoms in total. The van der Waals surface area contributed by atoms with Crippen LogP contribution in [0.3, 0.4) is 0 Å². The molecule has 150 valence electrons. The average Bonchev–Trinajstić information content (AvgIpc) is 2.68. The first-order valence-electron chi connectivity index (χ1n) is 12.9. The number of hydrogen-bond acceptors (Lipinski definition) is 0. The molecule has 0 radical (unpaired) electrons. The predicted molar refractivity (Wildman–Crippen MR) is 113 cm³/mol. The molecule has 0 aromatic heterocycles. The lowest BCUT2D eigenvalue weighted by Crippen LogP contribution is -2.52. The minimum Gasteiger partial charge on any atom is -0.0654 e. The third kappa shape index (κ3) is 4.20. The average molecular weight is 359 g/mol. The van der Waals surface area contributed by atoms with Gasteiger partial charge in [-0.3, -0.25) is 0 Å². The molecule has 4 saturated carbocycles. The summed E-state index contributed by atoms with van der Waals surface area (Å²) in [6.45, 7) is 2.32. The quantitative estimate of drug-likeness (QED) is 0.363. The maximum Gasteiger partial charge on any atom is -0.0321 e. The van der Waals surface area contributed by atoms with Gasteiger partial charge in [-0.25, -0.2) is 0 Å². The maximum absolute atomic E-state index is 2.32. The number of unbranched alkanes of at least 4 members (excludes halogenated alkanes) is 7. The van der Waals surface area contributed by atoms with Crippen LogP contribution in [0.1, 0.15) is 122 Å². The third-order valence-corrected chi connectivity index (χ3v) is 9.38. The van der Waals surface area contributed by atoms with Crippen LogP contribution in [0.15, 0.2) is 0 Å². The fourth-order valence-corrected chi connectivity index (χ4v) is 8.35. The fourth-order valence-electron chi connectivity index (χ4n) is 8.35. The lowest BCUT2D eigenvalue weighted by molar-refractivity contribution is -0.104. The van der Waals surface area contributed by atoms with Gasteiger partial charge in [0.1, 0.15) is 0 Å². The monoisotopic (exact) mass is 358 g/mol. The number of rotatable bonds is 9. The van der Waals surface area contributed by atoms with Gasteiger partial charge < -0.3 is 0 Å². The van der Waals surface area contributed by atoms with Crippen LogP contribution in [-0.4, -0.2) is 0 Å². The van der Waals surface area contributed by atoms with Crippen LogP contribution in [0.4, 0.5) is 0 Å². The molecule has 0 bridgehead atoms. The standard InChI is InChI=1S/C26H46/c1-2-3-4-5-6-7-8-9-12-22-19-23-15-10-13-20-17-18-21-14-11-16-24(22)26(21)25(20)23/h20-26H,2-19H2,1H3. The molecule has 4 aliphatic rings. The molecule has 7 atom stereocenters. The van der Waals surface area contributed by atoms with Crippen molar-refractivity contribution >= 4 is 0 Å². The highest BCUT2D eigenvalue weighted by molar-refractivity contribution is 5.02. The summed E-state index contributed by atoms with van der Waals surface area (Å²) >= 11 is 0. The highest BCUT2D eigenvalue weighted by Crippen LogP contribution is 2.61. The van der Waals surface area contributed by atoms with Gasteiger partial charge in [-0.15, -0.1) is 0 Å². The molecule has 26 heavy (non-hydrogen) atoms. The van der Waals surface area contributed by atoms with Gasteiger partial charge in [-0.1, -0.05) is 96.8 Å². The Labute approximate surface area is 164 Å². The van der Waals surface area contributed by atoms with Gasteiger partial charge >= 0.3 is 0 Å². The van der Waals surface area contributed by atoms with Gasteiger partial charge in [-0.05, 0) is 67.1 Å². The van der Waals surface area contributed by atoms with Crippen molar-refractivity contribution in [3.05, 3.63) is 0 Å². The summed E-state index contributed by atoms with van der Waals surface area (Å²) in [6.07, 6.45) is 27.9. The van der Waals surface area contributed by atoms with Crippen LogP contribution in [0.25, 0.3) is 0 Å². The van der Waals surface area contributed by atoms with E-state index >= 15 is 0 Å². The molecule has 0 aromatic carbocycles. The van der Waals surface area contributed by atoms with Crippen LogP contribution < -0.4 is 0 Å². The summed E-state index contributed by atoms with van der Waals surface area (Å²) in [5, 5.41) is 0. The maximum atomic E-state index is 2.32. The van der Waals surface area contributed by atoms with Crippen molar-refractivity contribution in [1.82, 2.24) is 0 Å². The Hall–Kier alpha value is 0. The van der Waals surface area contributed by atoms with Gasteiger partial charge in [0.15, 0.2) is 0 Å². The molecule has 0 aromatic rings. The second-order valence-electron chi connectivity index (χ2n) is 10.8. The van der Waals surface area contributed by atoms with Crippen LogP contribution in [0.5, 0.6) is 0 Å². The minimum atomic E-state index is 1.13. The van der Waals surface area contributed by atoms with E-state index in [1.807, 2.05) is 0 Å². The Morgan fingerprint density at radius 2 is 1.19 bits per heavy atom. The Morgan fingerprint density at radius 1 is 0.577 bits per heavy atom. The summed E-state index contributed by atoms with van der Waals surface area (Å²) in [6, 6.07) is 0. The van der Waals surface area contributed by atoms with E-state index in [1.165, 1.54) is 56.8 Å². The Bertz CT molecular complexity index is 412. The van der Waals surface area contributed by atoms with Crippen LogP contribution in [0.2, 0.25) is 0 Å². The molecule has 0 heterocycles. The molecule has 0 amide bonds. The molecule has 4 aliphatic carbocycles. The second-order valence-corrected chi connectivity index (χ2v) is 10.8. The fraction of sp³-hybridized carbons (Fsp3) is 1.00. The van der Waals surface area contributed by atoms with Crippen LogP contribution >= 0.6 is 0 Å². The van der Waals surface area contributed by atoms with Crippen molar-refractivity contribution < 1.29 is 0 Å². The minimum absolute atomic E-state index is 1.13. The molecule has 0 aliphatic heterocycles. The molecule has 7 unspecified atom stereocenters. The van der Waals surface area contributed by atoms with E-state index in [2.05, 4.69) is 6.92 Å². The Balaban J connectivity index is 1.27. The largest absolute Gasteiger partial charge is 0.0654 e. The molecular formula is C26H46.